The summed E-state index contributed by atoms with van der Waals surface area (Å²) in [5.74, 6) is -0.866. The predicted octanol–water partition coefficient (Wildman–Crippen LogP) is 4.11. The maximum Gasteiger partial charge on any atom is 0.679 e. The summed E-state index contributed by atoms with van der Waals surface area (Å²) in [6, 6.07) is 0. The van der Waals surface area contributed by atoms with Crippen molar-refractivity contribution in [3.63, 3.8) is 0 Å². The average molecular weight is 461 g/mol. The van der Waals surface area contributed by atoms with Crippen molar-refractivity contribution in [3.8, 4) is 0 Å². The summed E-state index contributed by atoms with van der Waals surface area (Å²) in [5.41, 5.74) is 0. The number of rotatable bonds is 22. The third-order valence-electron chi connectivity index (χ3n) is 4.01. The number of hydrogen-bond acceptors (Lipinski definition) is 8. The van der Waals surface area contributed by atoms with Crippen molar-refractivity contribution in [2.75, 3.05) is 39.6 Å². The van der Waals surface area contributed by atoms with E-state index in [0.29, 0.717) is 65.3 Å². The minimum Gasteiger partial charge on any atom is -0.463 e. The van der Waals surface area contributed by atoms with Crippen molar-refractivity contribution in [3.05, 3.63) is 25.3 Å². The van der Waals surface area contributed by atoms with E-state index in [1.54, 1.807) is 0 Å². The molecule has 31 heavy (non-hydrogen) atoms. The predicted molar refractivity (Wildman–Crippen MR) is 120 cm³/mol. The van der Waals surface area contributed by atoms with Gasteiger partial charge in [-0.15, -0.1) is 0 Å². The minimum absolute atomic E-state index is 0.306. The largest absolute Gasteiger partial charge is 0.679 e. The molecule has 9 heteroatoms. The van der Waals surface area contributed by atoms with Crippen LogP contribution in [0.15, 0.2) is 25.3 Å². The molecule has 0 unspecified atom stereocenters. The Hall–Kier alpha value is -1.52. The van der Waals surface area contributed by atoms with Crippen LogP contribution in [0.25, 0.3) is 0 Å². The van der Waals surface area contributed by atoms with Gasteiger partial charge in [-0.25, -0.2) is 9.59 Å². The zero-order chi connectivity index (χ0) is 23.2. The Labute approximate surface area is 188 Å². The van der Waals surface area contributed by atoms with E-state index in [-0.39, 0.29) is 0 Å². The van der Waals surface area contributed by atoms with E-state index in [2.05, 4.69) is 27.0 Å². The lowest BCUT2D eigenvalue weighted by atomic mass is 10.3. The molecule has 0 aliphatic carbocycles. The molecule has 0 aliphatic rings. The van der Waals surface area contributed by atoms with Crippen LogP contribution in [0.1, 0.15) is 65.2 Å². The highest BCUT2D eigenvalue weighted by molar-refractivity contribution is 6.53. The summed E-state index contributed by atoms with van der Waals surface area (Å²) in [7, 11) is -3.30. The first-order valence-electron chi connectivity index (χ1n) is 11.2. The van der Waals surface area contributed by atoms with E-state index in [9.17, 15) is 9.59 Å². The van der Waals surface area contributed by atoms with Gasteiger partial charge in [-0.2, -0.15) is 0 Å². The molecule has 0 saturated carbocycles. The van der Waals surface area contributed by atoms with Crippen LogP contribution >= 0.6 is 0 Å². The summed E-state index contributed by atoms with van der Waals surface area (Å²) >= 11 is 0. The average Bonchev–Trinajstić information content (AvgIpc) is 2.78. The Balaban J connectivity index is 4.63. The van der Waals surface area contributed by atoms with Crippen molar-refractivity contribution < 1.29 is 36.8 Å². The molecule has 8 nitrogen and oxygen atoms in total. The number of unbranched alkanes of at least 4 members (excludes halogenated alkanes) is 4. The van der Waals surface area contributed by atoms with E-state index >= 15 is 0 Å². The van der Waals surface area contributed by atoms with Gasteiger partial charge in [-0.3, -0.25) is 0 Å². The molecule has 0 atom stereocenters. The number of hydrogen-bond donors (Lipinski definition) is 0. The third-order valence-corrected chi connectivity index (χ3v) is 6.24. The summed E-state index contributed by atoms with van der Waals surface area (Å²) in [5, 5.41) is 0. The van der Waals surface area contributed by atoms with Crippen LogP contribution in [0.5, 0.6) is 0 Å². The highest BCUT2D eigenvalue weighted by Crippen LogP contribution is 2.16. The molecule has 0 aromatic heterocycles. The smallest absolute Gasteiger partial charge is 0.463 e. The molecule has 180 valence electrons. The molecule has 0 aliphatic heterocycles. The fourth-order valence-electron chi connectivity index (χ4n) is 2.20. The SMILES string of the molecule is C=CC(=O)OCCCCO[Si](OCCCC)(OCCCC)OCCCCOC(=O)C=C. The summed E-state index contributed by atoms with van der Waals surface area (Å²) in [6.07, 6.45) is 8.69. The normalized spacial score (nSPS) is 11.2. The van der Waals surface area contributed by atoms with Crippen molar-refractivity contribution in [2.45, 2.75) is 65.2 Å². The van der Waals surface area contributed by atoms with Gasteiger partial charge < -0.3 is 27.2 Å². The maximum absolute atomic E-state index is 11.1. The van der Waals surface area contributed by atoms with E-state index in [1.807, 2.05) is 0 Å². The lowest BCUT2D eigenvalue weighted by molar-refractivity contribution is -0.138. The molecule has 0 N–H and O–H groups in total. The first-order valence-corrected chi connectivity index (χ1v) is 12.8. The van der Waals surface area contributed by atoms with Gasteiger partial charge in [0.25, 0.3) is 0 Å². The Morgan fingerprint density at radius 2 is 0.935 bits per heavy atom. The maximum atomic E-state index is 11.1. The molecule has 0 amide bonds. The molecule has 0 aromatic carbocycles. The van der Waals surface area contributed by atoms with Crippen molar-refractivity contribution >= 4 is 21.0 Å². The minimum atomic E-state index is -3.30. The summed E-state index contributed by atoms with van der Waals surface area (Å²) < 4.78 is 34.0. The van der Waals surface area contributed by atoms with Crippen LogP contribution in [-0.4, -0.2) is 60.6 Å². The summed E-state index contributed by atoms with van der Waals surface area (Å²) in [6.45, 7) is 13.3. The van der Waals surface area contributed by atoms with Crippen LogP contribution in [0, 0.1) is 0 Å². The van der Waals surface area contributed by atoms with Crippen molar-refractivity contribution in [2.24, 2.45) is 0 Å². The molecule has 0 spiro atoms. The fraction of sp³-hybridized carbons (Fsp3) is 0.727. The lowest BCUT2D eigenvalue weighted by Crippen LogP contribution is -2.50. The fourth-order valence-corrected chi connectivity index (χ4v) is 4.28. The van der Waals surface area contributed by atoms with E-state index in [1.165, 1.54) is 0 Å². The highest BCUT2D eigenvalue weighted by Gasteiger charge is 2.45. The lowest BCUT2D eigenvalue weighted by Gasteiger charge is -2.28. The number of carbonyl (C=O) groups excluding carboxylic acids is 2. The standard InChI is InChI=1S/C22H40O8Si/c1-5-9-17-27-31(28-18-10-6-2,29-19-13-11-15-25-21(23)7-3)30-20-14-12-16-26-22(24)8-4/h7-8H,3-6,9-20H2,1-2H3. The van der Waals surface area contributed by atoms with Gasteiger partial charge in [0.15, 0.2) is 0 Å². The molecule has 0 saturated heterocycles. The molecule has 0 aromatic rings. The third kappa shape index (κ3) is 16.8. The van der Waals surface area contributed by atoms with Crippen LogP contribution in [0.2, 0.25) is 0 Å². The van der Waals surface area contributed by atoms with Crippen molar-refractivity contribution in [1.82, 2.24) is 0 Å². The second kappa shape index (κ2) is 20.4. The van der Waals surface area contributed by atoms with Crippen LogP contribution < -0.4 is 0 Å². The molecular formula is C22H40O8Si. The summed E-state index contributed by atoms with van der Waals surface area (Å²) in [4.78, 5) is 22.2. The molecule has 0 rings (SSSR count). The van der Waals surface area contributed by atoms with Gasteiger partial charge in [0.05, 0.1) is 13.2 Å². The van der Waals surface area contributed by atoms with Gasteiger partial charge >= 0.3 is 21.0 Å². The van der Waals surface area contributed by atoms with Crippen LogP contribution in [0.3, 0.4) is 0 Å². The van der Waals surface area contributed by atoms with Crippen LogP contribution in [0.4, 0.5) is 0 Å². The first kappa shape index (κ1) is 29.5. The highest BCUT2D eigenvalue weighted by atomic mass is 28.4. The second-order valence-corrected chi connectivity index (χ2v) is 8.91. The molecule has 0 heterocycles. The molecule has 0 bridgehead atoms. The van der Waals surface area contributed by atoms with Gasteiger partial charge in [-0.05, 0) is 38.5 Å². The number of ether oxygens (including phenoxy) is 2. The van der Waals surface area contributed by atoms with E-state index < -0.39 is 21.0 Å². The van der Waals surface area contributed by atoms with Gasteiger partial charge in [0, 0.05) is 38.6 Å². The van der Waals surface area contributed by atoms with Gasteiger partial charge in [0.2, 0.25) is 0 Å². The number of esters is 2. The zero-order valence-corrected chi connectivity index (χ0v) is 20.2. The zero-order valence-electron chi connectivity index (χ0n) is 19.2. The Morgan fingerprint density at radius 1 is 0.613 bits per heavy atom. The van der Waals surface area contributed by atoms with E-state index in [4.69, 9.17) is 27.2 Å². The number of carbonyl (C=O) groups is 2. The first-order chi connectivity index (χ1) is 15.0. The van der Waals surface area contributed by atoms with Crippen LogP contribution in [-0.2, 0) is 36.8 Å². The molecule has 0 radical (unpaired) electrons. The Kier molecular flexibility index (Phi) is 19.4. The Bertz CT molecular complexity index is 454. The quantitative estimate of drug-likeness (QED) is 0.103. The second-order valence-electron chi connectivity index (χ2n) is 6.76. The Morgan fingerprint density at radius 3 is 1.26 bits per heavy atom. The van der Waals surface area contributed by atoms with Gasteiger partial charge in [0.1, 0.15) is 0 Å². The van der Waals surface area contributed by atoms with E-state index in [0.717, 1.165) is 37.8 Å². The van der Waals surface area contributed by atoms with Gasteiger partial charge in [-0.1, -0.05) is 39.8 Å². The topological polar surface area (TPSA) is 89.5 Å². The monoisotopic (exact) mass is 460 g/mol. The molecular weight excluding hydrogens is 420 g/mol. The molecule has 0 fully saturated rings. The van der Waals surface area contributed by atoms with Crippen molar-refractivity contribution in [1.29, 1.82) is 0 Å².